The van der Waals surface area contributed by atoms with Crippen LogP contribution in [0.1, 0.15) is 12.5 Å². The quantitative estimate of drug-likeness (QED) is 0.586. The van der Waals surface area contributed by atoms with Crippen LogP contribution >= 0.6 is 0 Å². The Morgan fingerprint density at radius 3 is 2.65 bits per heavy atom. The molecule has 0 saturated heterocycles. The number of nitrogens with zero attached hydrogens (tertiary/aromatic N) is 3. The summed E-state index contributed by atoms with van der Waals surface area (Å²) < 4.78 is 47.8. The number of fused-ring (bicyclic) bond motifs is 1. The number of alkyl halides is 3. The topological polar surface area (TPSA) is 49.3 Å². The first kappa shape index (κ1) is 20.2. The largest absolute Gasteiger partial charge is 0.454 e. The van der Waals surface area contributed by atoms with Crippen molar-refractivity contribution in [2.75, 3.05) is 47.1 Å². The number of halogens is 3. The number of likely N-dealkylation sites (N-methyl/N-ethyl adjacent to an activating group) is 1. The summed E-state index contributed by atoms with van der Waals surface area (Å²) in [7, 11) is 3.32. The second-order valence-electron chi connectivity index (χ2n) is 6.13. The molecule has 0 atom stereocenters. The highest BCUT2D eigenvalue weighted by Crippen LogP contribution is 2.32. The Labute approximate surface area is 151 Å². The lowest BCUT2D eigenvalue weighted by Gasteiger charge is -2.23. The lowest BCUT2D eigenvalue weighted by molar-refractivity contribution is -0.142. The number of rotatable bonds is 7. The Bertz CT molecular complexity index is 623. The normalized spacial score (nSPS) is 14.0. The van der Waals surface area contributed by atoms with Crippen molar-refractivity contribution < 1.29 is 22.6 Å². The monoisotopic (exact) mass is 374 g/mol. The highest BCUT2D eigenvalue weighted by molar-refractivity contribution is 5.79. The van der Waals surface area contributed by atoms with Crippen LogP contribution in [-0.4, -0.2) is 69.0 Å². The summed E-state index contributed by atoms with van der Waals surface area (Å²) in [6.45, 7) is 2.99. The van der Waals surface area contributed by atoms with Gasteiger partial charge in [0.05, 0.1) is 13.1 Å². The van der Waals surface area contributed by atoms with Crippen LogP contribution in [0.3, 0.4) is 0 Å². The zero-order chi connectivity index (χ0) is 19.2. The Kier molecular flexibility index (Phi) is 6.96. The number of aliphatic imine (C=N–C) groups is 1. The van der Waals surface area contributed by atoms with Gasteiger partial charge in [0.15, 0.2) is 17.5 Å². The fraction of sp³-hybridized carbons (Fsp3) is 0.588. The van der Waals surface area contributed by atoms with Crippen LogP contribution in [0.4, 0.5) is 13.2 Å². The molecule has 0 saturated carbocycles. The summed E-state index contributed by atoms with van der Waals surface area (Å²) in [4.78, 5) is 7.55. The van der Waals surface area contributed by atoms with Crippen molar-refractivity contribution in [3.05, 3.63) is 23.8 Å². The van der Waals surface area contributed by atoms with E-state index < -0.39 is 12.7 Å². The van der Waals surface area contributed by atoms with E-state index in [4.69, 9.17) is 9.47 Å². The summed E-state index contributed by atoms with van der Waals surface area (Å²) in [5, 5.41) is 3.16. The molecule has 1 N–H and O–H groups in total. The van der Waals surface area contributed by atoms with E-state index in [0.717, 1.165) is 11.3 Å². The molecule has 26 heavy (non-hydrogen) atoms. The minimum Gasteiger partial charge on any atom is -0.454 e. The van der Waals surface area contributed by atoms with Crippen LogP contribution in [0.2, 0.25) is 0 Å². The van der Waals surface area contributed by atoms with Gasteiger partial charge in [-0.1, -0.05) is 6.07 Å². The van der Waals surface area contributed by atoms with E-state index in [1.807, 2.05) is 37.1 Å². The summed E-state index contributed by atoms with van der Waals surface area (Å²) in [6.07, 6.45) is -4.20. The van der Waals surface area contributed by atoms with E-state index >= 15 is 0 Å². The smallest absolute Gasteiger partial charge is 0.401 e. The number of hydrogen-bond acceptors (Lipinski definition) is 4. The molecule has 2 rings (SSSR count). The zero-order valence-corrected chi connectivity index (χ0v) is 15.3. The predicted octanol–water partition coefficient (Wildman–Crippen LogP) is 2.31. The predicted molar refractivity (Wildman–Crippen MR) is 93.6 cm³/mol. The molecule has 0 aliphatic carbocycles. The van der Waals surface area contributed by atoms with Crippen LogP contribution in [-0.2, 0) is 6.54 Å². The van der Waals surface area contributed by atoms with Gasteiger partial charge in [-0.2, -0.15) is 13.2 Å². The van der Waals surface area contributed by atoms with Crippen molar-refractivity contribution in [3.8, 4) is 11.5 Å². The molecule has 9 heteroatoms. The minimum absolute atomic E-state index is 0.226. The molecule has 0 spiro atoms. The fourth-order valence-electron chi connectivity index (χ4n) is 2.57. The van der Waals surface area contributed by atoms with E-state index in [2.05, 4.69) is 10.3 Å². The maximum Gasteiger partial charge on any atom is 0.401 e. The number of benzene rings is 1. The van der Waals surface area contributed by atoms with Crippen molar-refractivity contribution in [2.24, 2.45) is 4.99 Å². The van der Waals surface area contributed by atoms with Gasteiger partial charge in [0.1, 0.15) is 0 Å². The lowest BCUT2D eigenvalue weighted by Crippen LogP contribution is -2.39. The average molecular weight is 374 g/mol. The third kappa shape index (κ3) is 6.29. The lowest BCUT2D eigenvalue weighted by atomic mass is 10.2. The maximum absolute atomic E-state index is 12.4. The Balaban J connectivity index is 1.92. The molecule has 1 aliphatic heterocycles. The van der Waals surface area contributed by atoms with Gasteiger partial charge < -0.3 is 19.7 Å². The summed E-state index contributed by atoms with van der Waals surface area (Å²) in [6, 6.07) is 5.73. The molecule has 6 nitrogen and oxygen atoms in total. The van der Waals surface area contributed by atoms with E-state index in [1.54, 1.807) is 0 Å². The van der Waals surface area contributed by atoms with Gasteiger partial charge in [-0.05, 0) is 31.7 Å². The Morgan fingerprint density at radius 2 is 1.96 bits per heavy atom. The van der Waals surface area contributed by atoms with Gasteiger partial charge in [0, 0.05) is 26.7 Å². The van der Waals surface area contributed by atoms with Gasteiger partial charge in [-0.25, -0.2) is 0 Å². The van der Waals surface area contributed by atoms with Gasteiger partial charge in [-0.3, -0.25) is 9.89 Å². The second-order valence-corrected chi connectivity index (χ2v) is 6.13. The summed E-state index contributed by atoms with van der Waals surface area (Å²) in [5.41, 5.74) is 1.02. The molecule has 0 amide bonds. The van der Waals surface area contributed by atoms with Gasteiger partial charge in [-0.15, -0.1) is 0 Å². The number of ether oxygens (including phenoxy) is 2. The van der Waals surface area contributed by atoms with Crippen molar-refractivity contribution in [1.82, 2.24) is 15.1 Å². The molecule has 0 fully saturated rings. The molecule has 1 aliphatic rings. The average Bonchev–Trinajstić information content (AvgIpc) is 3.00. The molecule has 1 aromatic carbocycles. The molecule has 146 valence electrons. The number of hydrogen-bond donors (Lipinski definition) is 1. The Hall–Kier alpha value is -2.16. The van der Waals surface area contributed by atoms with E-state index in [0.29, 0.717) is 24.8 Å². The minimum atomic E-state index is -4.20. The molecule has 1 heterocycles. The van der Waals surface area contributed by atoms with Gasteiger partial charge in [0.25, 0.3) is 0 Å². The fourth-order valence-corrected chi connectivity index (χ4v) is 2.57. The molecular weight excluding hydrogens is 349 g/mol. The molecule has 0 unspecified atom stereocenters. The summed E-state index contributed by atoms with van der Waals surface area (Å²) in [5.74, 6) is 2.09. The maximum atomic E-state index is 12.4. The van der Waals surface area contributed by atoms with Crippen LogP contribution in [0.15, 0.2) is 23.2 Å². The van der Waals surface area contributed by atoms with E-state index in [-0.39, 0.29) is 19.9 Å². The molecule has 0 aromatic heterocycles. The van der Waals surface area contributed by atoms with E-state index in [1.165, 1.54) is 11.9 Å². The standard InChI is InChI=1S/C17H25F3N4O2/c1-4-21-16(22-7-8-23(2)11-17(18,19)20)24(3)10-13-5-6-14-15(9-13)26-12-25-14/h5-6,9H,4,7-8,10-12H2,1-3H3,(H,21,22). The van der Waals surface area contributed by atoms with Gasteiger partial charge in [0.2, 0.25) is 6.79 Å². The molecule has 1 aromatic rings. The van der Waals surface area contributed by atoms with Crippen LogP contribution in [0.5, 0.6) is 11.5 Å². The van der Waals surface area contributed by atoms with Crippen LogP contribution in [0, 0.1) is 0 Å². The first-order chi connectivity index (χ1) is 12.3. The Morgan fingerprint density at radius 1 is 1.23 bits per heavy atom. The zero-order valence-electron chi connectivity index (χ0n) is 15.3. The highest BCUT2D eigenvalue weighted by atomic mass is 19.4. The molecular formula is C17H25F3N4O2. The highest BCUT2D eigenvalue weighted by Gasteiger charge is 2.28. The van der Waals surface area contributed by atoms with Gasteiger partial charge >= 0.3 is 6.18 Å². The first-order valence-corrected chi connectivity index (χ1v) is 8.41. The second kappa shape index (κ2) is 8.98. The molecule has 0 radical (unpaired) electrons. The third-order valence-corrected chi connectivity index (χ3v) is 3.75. The van der Waals surface area contributed by atoms with Crippen molar-refractivity contribution in [2.45, 2.75) is 19.6 Å². The number of guanidine groups is 1. The van der Waals surface area contributed by atoms with Crippen molar-refractivity contribution in [3.63, 3.8) is 0 Å². The molecule has 0 bridgehead atoms. The van der Waals surface area contributed by atoms with E-state index in [9.17, 15) is 13.2 Å². The van der Waals surface area contributed by atoms with Crippen molar-refractivity contribution in [1.29, 1.82) is 0 Å². The van der Waals surface area contributed by atoms with Crippen molar-refractivity contribution >= 4 is 5.96 Å². The number of nitrogens with one attached hydrogen (secondary N) is 1. The van der Waals surface area contributed by atoms with Crippen LogP contribution < -0.4 is 14.8 Å². The third-order valence-electron chi connectivity index (χ3n) is 3.75. The SMILES string of the molecule is CCNC(=NCCN(C)CC(F)(F)F)N(C)Cc1ccc2c(c1)OCO2. The van der Waals surface area contributed by atoms with Crippen LogP contribution in [0.25, 0.3) is 0 Å². The summed E-state index contributed by atoms with van der Waals surface area (Å²) >= 11 is 0. The first-order valence-electron chi connectivity index (χ1n) is 8.41.